The molecule has 0 unspecified atom stereocenters. The van der Waals surface area contributed by atoms with Crippen LogP contribution in [-0.4, -0.2) is 36.4 Å². The molecule has 27 heavy (non-hydrogen) atoms. The molecular weight excluding hydrogens is 340 g/mol. The fraction of sp³-hybridized carbons (Fsp3) is 0.364. The van der Waals surface area contributed by atoms with Crippen molar-refractivity contribution < 1.29 is 14.3 Å². The monoisotopic (exact) mass is 366 g/mol. The molecule has 0 spiro atoms. The maximum Gasteiger partial charge on any atom is 0.253 e. The topological polar surface area (TPSA) is 58.6 Å². The molecule has 0 aliphatic carbocycles. The smallest absolute Gasteiger partial charge is 0.253 e. The van der Waals surface area contributed by atoms with Crippen LogP contribution in [0, 0.1) is 6.92 Å². The van der Waals surface area contributed by atoms with Crippen molar-refractivity contribution in [1.29, 1.82) is 0 Å². The molecule has 0 bridgehead atoms. The van der Waals surface area contributed by atoms with Gasteiger partial charge < -0.3 is 15.0 Å². The minimum absolute atomic E-state index is 0.0542. The first kappa shape index (κ1) is 19.0. The number of hydrogen-bond acceptors (Lipinski definition) is 3. The van der Waals surface area contributed by atoms with Crippen LogP contribution in [-0.2, 0) is 4.79 Å². The highest BCUT2D eigenvalue weighted by Gasteiger charge is 2.19. The largest absolute Gasteiger partial charge is 0.494 e. The molecule has 1 fully saturated rings. The van der Waals surface area contributed by atoms with E-state index in [-0.39, 0.29) is 11.8 Å². The van der Waals surface area contributed by atoms with Crippen LogP contribution >= 0.6 is 0 Å². The van der Waals surface area contributed by atoms with E-state index in [4.69, 9.17) is 4.74 Å². The quantitative estimate of drug-likeness (QED) is 0.753. The molecule has 2 aromatic rings. The first-order chi connectivity index (χ1) is 13.1. The lowest BCUT2D eigenvalue weighted by Gasteiger charge is -2.15. The number of rotatable bonds is 7. The van der Waals surface area contributed by atoms with Crippen LogP contribution in [0.2, 0.25) is 0 Å². The minimum Gasteiger partial charge on any atom is -0.494 e. The number of carbonyl (C=O) groups is 2. The third kappa shape index (κ3) is 5.58. The van der Waals surface area contributed by atoms with E-state index in [9.17, 15) is 9.59 Å². The average Bonchev–Trinajstić information content (AvgIpc) is 3.20. The van der Waals surface area contributed by atoms with Crippen LogP contribution in [0.1, 0.15) is 41.6 Å². The van der Waals surface area contributed by atoms with Gasteiger partial charge in [0.25, 0.3) is 5.91 Å². The predicted molar refractivity (Wildman–Crippen MR) is 106 cm³/mol. The highest BCUT2D eigenvalue weighted by atomic mass is 16.5. The molecule has 0 aromatic heterocycles. The van der Waals surface area contributed by atoms with E-state index in [2.05, 4.69) is 5.32 Å². The minimum atomic E-state index is -0.0542. The van der Waals surface area contributed by atoms with Crippen LogP contribution in [0.3, 0.4) is 0 Å². The summed E-state index contributed by atoms with van der Waals surface area (Å²) in [4.78, 5) is 26.3. The normalized spacial score (nSPS) is 13.4. The predicted octanol–water partition coefficient (Wildman–Crippen LogP) is 4.03. The van der Waals surface area contributed by atoms with Gasteiger partial charge in [-0.1, -0.05) is 12.1 Å². The second kappa shape index (κ2) is 9.21. The van der Waals surface area contributed by atoms with Crippen molar-refractivity contribution in [2.75, 3.05) is 25.0 Å². The second-order valence-corrected chi connectivity index (χ2v) is 6.89. The molecule has 0 radical (unpaired) electrons. The molecule has 1 N–H and O–H groups in total. The van der Waals surface area contributed by atoms with Gasteiger partial charge in [0.2, 0.25) is 5.91 Å². The van der Waals surface area contributed by atoms with Crippen LogP contribution in [0.4, 0.5) is 5.69 Å². The van der Waals surface area contributed by atoms with Crippen LogP contribution in [0.5, 0.6) is 5.75 Å². The Morgan fingerprint density at radius 1 is 1.07 bits per heavy atom. The Morgan fingerprint density at radius 2 is 1.81 bits per heavy atom. The van der Waals surface area contributed by atoms with Crippen molar-refractivity contribution in [3.8, 4) is 5.75 Å². The number of hydrogen-bond donors (Lipinski definition) is 1. The zero-order valence-corrected chi connectivity index (χ0v) is 15.7. The van der Waals surface area contributed by atoms with E-state index in [1.54, 1.807) is 24.3 Å². The van der Waals surface area contributed by atoms with Crippen molar-refractivity contribution in [1.82, 2.24) is 4.90 Å². The third-order valence-electron chi connectivity index (χ3n) is 4.62. The van der Waals surface area contributed by atoms with Gasteiger partial charge in [-0.15, -0.1) is 0 Å². The lowest BCUT2D eigenvalue weighted by atomic mass is 10.2. The SMILES string of the molecule is Cc1cccc(OCCCC(=O)Nc2ccc(C(=O)N3CCCC3)cc2)c1. The van der Waals surface area contributed by atoms with E-state index >= 15 is 0 Å². The zero-order valence-electron chi connectivity index (χ0n) is 15.7. The van der Waals surface area contributed by atoms with Crippen molar-refractivity contribution >= 4 is 17.5 Å². The molecule has 1 saturated heterocycles. The summed E-state index contributed by atoms with van der Waals surface area (Å²) in [5, 5.41) is 2.87. The van der Waals surface area contributed by atoms with Gasteiger partial charge in [-0.25, -0.2) is 0 Å². The Labute approximate surface area is 160 Å². The van der Waals surface area contributed by atoms with Crippen LogP contribution < -0.4 is 10.1 Å². The van der Waals surface area contributed by atoms with E-state index in [0.717, 1.165) is 37.2 Å². The molecule has 5 heteroatoms. The van der Waals surface area contributed by atoms with Gasteiger partial charge in [0.1, 0.15) is 5.75 Å². The van der Waals surface area contributed by atoms with Gasteiger partial charge in [-0.05, 0) is 68.1 Å². The summed E-state index contributed by atoms with van der Waals surface area (Å²) >= 11 is 0. The molecule has 1 heterocycles. The maximum atomic E-state index is 12.3. The summed E-state index contributed by atoms with van der Waals surface area (Å²) in [6.07, 6.45) is 3.19. The summed E-state index contributed by atoms with van der Waals surface area (Å²) < 4.78 is 5.66. The van der Waals surface area contributed by atoms with Gasteiger partial charge in [0.15, 0.2) is 0 Å². The van der Waals surface area contributed by atoms with Crippen LogP contribution in [0.25, 0.3) is 0 Å². The number of ether oxygens (including phenoxy) is 1. The molecule has 1 aliphatic rings. The fourth-order valence-electron chi connectivity index (χ4n) is 3.15. The highest BCUT2D eigenvalue weighted by Crippen LogP contribution is 2.16. The van der Waals surface area contributed by atoms with E-state index < -0.39 is 0 Å². The van der Waals surface area contributed by atoms with Crippen LogP contribution in [0.15, 0.2) is 48.5 Å². The number of likely N-dealkylation sites (tertiary alicyclic amines) is 1. The molecule has 2 aromatic carbocycles. The average molecular weight is 366 g/mol. The number of aryl methyl sites for hydroxylation is 1. The summed E-state index contributed by atoms with van der Waals surface area (Å²) in [7, 11) is 0. The van der Waals surface area contributed by atoms with Gasteiger partial charge in [0, 0.05) is 30.8 Å². The Bertz CT molecular complexity index is 780. The Morgan fingerprint density at radius 3 is 2.52 bits per heavy atom. The molecular formula is C22H26N2O3. The zero-order chi connectivity index (χ0) is 19.1. The van der Waals surface area contributed by atoms with Crippen molar-refractivity contribution in [2.45, 2.75) is 32.6 Å². The highest BCUT2D eigenvalue weighted by molar-refractivity contribution is 5.96. The van der Waals surface area contributed by atoms with Crippen molar-refractivity contribution in [2.24, 2.45) is 0 Å². The Kier molecular flexibility index (Phi) is 6.47. The number of amides is 2. The number of anilines is 1. The van der Waals surface area contributed by atoms with Gasteiger partial charge in [0.05, 0.1) is 6.61 Å². The van der Waals surface area contributed by atoms with E-state index in [1.165, 1.54) is 0 Å². The molecule has 0 atom stereocenters. The molecule has 3 rings (SSSR count). The molecule has 5 nitrogen and oxygen atoms in total. The summed E-state index contributed by atoms with van der Waals surface area (Å²) in [6.45, 7) is 4.19. The third-order valence-corrected chi connectivity index (χ3v) is 4.62. The van der Waals surface area contributed by atoms with E-state index in [1.807, 2.05) is 36.1 Å². The lowest BCUT2D eigenvalue weighted by Crippen LogP contribution is -2.27. The Balaban J connectivity index is 1.40. The number of nitrogens with one attached hydrogen (secondary N) is 1. The first-order valence-corrected chi connectivity index (χ1v) is 9.50. The Hall–Kier alpha value is -2.82. The number of nitrogens with zero attached hydrogens (tertiary/aromatic N) is 1. The van der Waals surface area contributed by atoms with Crippen molar-refractivity contribution in [3.05, 3.63) is 59.7 Å². The van der Waals surface area contributed by atoms with Crippen molar-refractivity contribution in [3.63, 3.8) is 0 Å². The first-order valence-electron chi connectivity index (χ1n) is 9.50. The number of carbonyl (C=O) groups excluding carboxylic acids is 2. The standard InChI is InChI=1S/C22H26N2O3/c1-17-6-4-7-20(16-17)27-15-5-8-21(25)23-19-11-9-18(10-12-19)22(26)24-13-2-3-14-24/h4,6-7,9-12,16H,2-3,5,8,13-15H2,1H3,(H,23,25). The second-order valence-electron chi connectivity index (χ2n) is 6.89. The summed E-state index contributed by atoms with van der Waals surface area (Å²) in [6, 6.07) is 15.0. The maximum absolute atomic E-state index is 12.3. The lowest BCUT2D eigenvalue weighted by molar-refractivity contribution is -0.116. The van der Waals surface area contributed by atoms with Gasteiger partial charge in [-0.2, -0.15) is 0 Å². The van der Waals surface area contributed by atoms with E-state index in [0.29, 0.717) is 30.7 Å². The summed E-state index contributed by atoms with van der Waals surface area (Å²) in [5.74, 6) is 0.841. The number of benzene rings is 2. The fourth-order valence-corrected chi connectivity index (χ4v) is 3.15. The van der Waals surface area contributed by atoms with Gasteiger partial charge >= 0.3 is 0 Å². The molecule has 0 saturated carbocycles. The summed E-state index contributed by atoms with van der Waals surface area (Å²) in [5.41, 5.74) is 2.52. The molecule has 1 aliphatic heterocycles. The van der Waals surface area contributed by atoms with Gasteiger partial charge in [-0.3, -0.25) is 9.59 Å². The molecule has 142 valence electrons. The molecule has 2 amide bonds.